The normalized spacial score (nSPS) is 16.8. The maximum Gasteiger partial charge on any atom is 0.252 e. The number of aromatic amines is 1. The molecule has 1 aromatic heterocycles. The van der Waals surface area contributed by atoms with Gasteiger partial charge >= 0.3 is 0 Å². The second kappa shape index (κ2) is 4.90. The van der Waals surface area contributed by atoms with Gasteiger partial charge in [-0.25, -0.2) is 4.98 Å². The van der Waals surface area contributed by atoms with Gasteiger partial charge in [-0.2, -0.15) is 0 Å². The Morgan fingerprint density at radius 2 is 2.24 bits per heavy atom. The molecule has 4 heteroatoms. The molecule has 0 spiro atoms. The van der Waals surface area contributed by atoms with Crippen molar-refractivity contribution in [3.05, 3.63) is 22.2 Å². The van der Waals surface area contributed by atoms with Gasteiger partial charge in [-0.05, 0) is 24.7 Å². The second-order valence-corrected chi connectivity index (χ2v) is 5.03. The third kappa shape index (κ3) is 3.08. The number of aryl methyl sites for hydroxylation is 1. The number of rotatable bonds is 6. The molecule has 1 fully saturated rings. The van der Waals surface area contributed by atoms with E-state index < -0.39 is 0 Å². The zero-order valence-electron chi connectivity index (χ0n) is 10.7. The quantitative estimate of drug-likeness (QED) is 0.795. The standard InChI is InChI=1S/C13H21N3O/c1-3-5-13(6-7-13)9-14-11-8-12(17)16-10(4-2)15-11/h8H,3-7,9H2,1-2H3,(H2,14,15,16,17). The Bertz CT molecular complexity index is 435. The third-order valence-electron chi connectivity index (χ3n) is 3.51. The van der Waals surface area contributed by atoms with Crippen LogP contribution in [-0.2, 0) is 6.42 Å². The van der Waals surface area contributed by atoms with Gasteiger partial charge in [-0.15, -0.1) is 0 Å². The van der Waals surface area contributed by atoms with E-state index in [1.807, 2.05) is 6.92 Å². The molecular formula is C13H21N3O. The summed E-state index contributed by atoms with van der Waals surface area (Å²) < 4.78 is 0. The van der Waals surface area contributed by atoms with Gasteiger partial charge in [0, 0.05) is 19.0 Å². The van der Waals surface area contributed by atoms with E-state index >= 15 is 0 Å². The van der Waals surface area contributed by atoms with Gasteiger partial charge in [0.15, 0.2) is 0 Å². The summed E-state index contributed by atoms with van der Waals surface area (Å²) in [4.78, 5) is 18.5. The van der Waals surface area contributed by atoms with Crippen LogP contribution in [0.15, 0.2) is 10.9 Å². The van der Waals surface area contributed by atoms with Crippen molar-refractivity contribution in [1.29, 1.82) is 0 Å². The fourth-order valence-corrected chi connectivity index (χ4v) is 2.27. The fourth-order valence-electron chi connectivity index (χ4n) is 2.27. The molecule has 1 aliphatic carbocycles. The number of nitrogens with zero attached hydrogens (tertiary/aromatic N) is 1. The van der Waals surface area contributed by atoms with E-state index in [0.29, 0.717) is 11.2 Å². The van der Waals surface area contributed by atoms with Gasteiger partial charge in [-0.1, -0.05) is 20.3 Å². The third-order valence-corrected chi connectivity index (χ3v) is 3.51. The van der Waals surface area contributed by atoms with Gasteiger partial charge in [0.25, 0.3) is 5.56 Å². The van der Waals surface area contributed by atoms with E-state index in [9.17, 15) is 4.79 Å². The molecule has 0 amide bonds. The van der Waals surface area contributed by atoms with Gasteiger partial charge in [0.2, 0.25) is 0 Å². The number of anilines is 1. The van der Waals surface area contributed by atoms with E-state index in [1.54, 1.807) is 6.07 Å². The first-order valence-corrected chi connectivity index (χ1v) is 6.51. The minimum atomic E-state index is -0.0697. The predicted molar refractivity (Wildman–Crippen MR) is 69.3 cm³/mol. The van der Waals surface area contributed by atoms with E-state index in [-0.39, 0.29) is 5.56 Å². The van der Waals surface area contributed by atoms with Crippen LogP contribution in [0.5, 0.6) is 0 Å². The average molecular weight is 235 g/mol. The minimum absolute atomic E-state index is 0.0697. The Morgan fingerprint density at radius 1 is 1.47 bits per heavy atom. The second-order valence-electron chi connectivity index (χ2n) is 5.03. The molecule has 0 saturated heterocycles. The zero-order valence-corrected chi connectivity index (χ0v) is 10.7. The lowest BCUT2D eigenvalue weighted by atomic mass is 10.0. The van der Waals surface area contributed by atoms with E-state index in [2.05, 4.69) is 22.2 Å². The Morgan fingerprint density at radius 3 is 2.82 bits per heavy atom. The number of nitrogens with one attached hydrogen (secondary N) is 2. The first-order valence-electron chi connectivity index (χ1n) is 6.51. The van der Waals surface area contributed by atoms with Crippen LogP contribution in [-0.4, -0.2) is 16.5 Å². The monoisotopic (exact) mass is 235 g/mol. The van der Waals surface area contributed by atoms with Gasteiger partial charge in [-0.3, -0.25) is 4.79 Å². The number of hydrogen-bond donors (Lipinski definition) is 2. The van der Waals surface area contributed by atoms with Crippen molar-refractivity contribution in [3.63, 3.8) is 0 Å². The lowest BCUT2D eigenvalue weighted by Crippen LogP contribution is -2.19. The van der Waals surface area contributed by atoms with Crippen LogP contribution in [0.2, 0.25) is 0 Å². The van der Waals surface area contributed by atoms with Crippen molar-refractivity contribution < 1.29 is 0 Å². The molecule has 17 heavy (non-hydrogen) atoms. The summed E-state index contributed by atoms with van der Waals surface area (Å²) in [6.45, 7) is 5.16. The molecule has 0 atom stereocenters. The molecule has 0 unspecified atom stereocenters. The summed E-state index contributed by atoms with van der Waals surface area (Å²) in [6, 6.07) is 1.54. The number of aromatic nitrogens is 2. The highest BCUT2D eigenvalue weighted by atomic mass is 16.1. The molecule has 0 radical (unpaired) electrons. The molecule has 1 heterocycles. The highest BCUT2D eigenvalue weighted by Crippen LogP contribution is 2.49. The Labute approximate surface area is 102 Å². The first-order chi connectivity index (χ1) is 8.17. The SMILES string of the molecule is CCCC1(CNc2cc(=O)[nH]c(CC)n2)CC1. The predicted octanol–water partition coefficient (Wildman–Crippen LogP) is 2.32. The lowest BCUT2D eigenvalue weighted by Gasteiger charge is -2.15. The van der Waals surface area contributed by atoms with Gasteiger partial charge < -0.3 is 10.3 Å². The van der Waals surface area contributed by atoms with E-state index in [1.165, 1.54) is 25.7 Å². The van der Waals surface area contributed by atoms with Crippen molar-refractivity contribution in [3.8, 4) is 0 Å². The molecule has 1 aliphatic rings. The lowest BCUT2D eigenvalue weighted by molar-refractivity contribution is 0.485. The smallest absolute Gasteiger partial charge is 0.252 e. The summed E-state index contributed by atoms with van der Waals surface area (Å²) in [5, 5.41) is 3.32. The Balaban J connectivity index is 1.99. The molecule has 0 aliphatic heterocycles. The zero-order chi connectivity index (χ0) is 12.3. The molecule has 1 saturated carbocycles. The topological polar surface area (TPSA) is 57.8 Å². The molecule has 94 valence electrons. The first kappa shape index (κ1) is 12.1. The van der Waals surface area contributed by atoms with Crippen molar-refractivity contribution in [1.82, 2.24) is 9.97 Å². The molecule has 2 N–H and O–H groups in total. The molecule has 0 aromatic carbocycles. The van der Waals surface area contributed by atoms with Crippen LogP contribution in [0.3, 0.4) is 0 Å². The van der Waals surface area contributed by atoms with Gasteiger partial charge in [0.05, 0.1) is 0 Å². The molecular weight excluding hydrogens is 214 g/mol. The summed E-state index contributed by atoms with van der Waals surface area (Å²) in [7, 11) is 0. The number of hydrogen-bond acceptors (Lipinski definition) is 3. The van der Waals surface area contributed by atoms with Crippen LogP contribution < -0.4 is 10.9 Å². The summed E-state index contributed by atoms with van der Waals surface area (Å²) in [5.74, 6) is 1.47. The molecule has 0 bridgehead atoms. The largest absolute Gasteiger partial charge is 0.369 e. The highest BCUT2D eigenvalue weighted by molar-refractivity contribution is 5.33. The van der Waals surface area contributed by atoms with E-state index in [0.717, 1.165) is 18.8 Å². The van der Waals surface area contributed by atoms with Gasteiger partial charge in [0.1, 0.15) is 11.6 Å². The summed E-state index contributed by atoms with van der Waals surface area (Å²) in [5.41, 5.74) is 0.408. The van der Waals surface area contributed by atoms with Crippen LogP contribution in [0.1, 0.15) is 45.4 Å². The molecule has 2 rings (SSSR count). The van der Waals surface area contributed by atoms with Crippen molar-refractivity contribution >= 4 is 5.82 Å². The van der Waals surface area contributed by atoms with Crippen LogP contribution >= 0.6 is 0 Å². The summed E-state index contributed by atoms with van der Waals surface area (Å²) >= 11 is 0. The highest BCUT2D eigenvalue weighted by Gasteiger charge is 2.41. The van der Waals surface area contributed by atoms with Crippen LogP contribution in [0.4, 0.5) is 5.82 Å². The van der Waals surface area contributed by atoms with Crippen molar-refractivity contribution in [2.45, 2.75) is 46.0 Å². The summed E-state index contributed by atoms with van der Waals surface area (Å²) in [6.07, 6.45) is 5.86. The maximum absolute atomic E-state index is 11.4. The molecule has 4 nitrogen and oxygen atoms in total. The van der Waals surface area contributed by atoms with Crippen molar-refractivity contribution in [2.75, 3.05) is 11.9 Å². The Kier molecular flexibility index (Phi) is 3.50. The minimum Gasteiger partial charge on any atom is -0.369 e. The number of H-pyrrole nitrogens is 1. The Hall–Kier alpha value is -1.32. The molecule has 1 aromatic rings. The van der Waals surface area contributed by atoms with Crippen LogP contribution in [0, 0.1) is 5.41 Å². The average Bonchev–Trinajstić information content (AvgIpc) is 3.07. The fraction of sp³-hybridized carbons (Fsp3) is 0.692. The maximum atomic E-state index is 11.4. The van der Waals surface area contributed by atoms with Crippen molar-refractivity contribution in [2.24, 2.45) is 5.41 Å². The van der Waals surface area contributed by atoms with E-state index in [4.69, 9.17) is 0 Å². The van der Waals surface area contributed by atoms with Crippen LogP contribution in [0.25, 0.3) is 0 Å².